The SMILES string of the molecule is Cc1ccnc(N2CCNC(=O)CC2)c1CN. The van der Waals surface area contributed by atoms with E-state index >= 15 is 0 Å². The van der Waals surface area contributed by atoms with E-state index in [1.165, 1.54) is 0 Å². The summed E-state index contributed by atoms with van der Waals surface area (Å²) >= 11 is 0. The molecule has 1 fully saturated rings. The molecule has 1 amide bonds. The summed E-state index contributed by atoms with van der Waals surface area (Å²) in [5, 5.41) is 2.86. The van der Waals surface area contributed by atoms with Gasteiger partial charge in [-0.25, -0.2) is 4.98 Å². The molecule has 0 aromatic carbocycles. The number of aryl methyl sites for hydroxylation is 1. The Bertz CT molecular complexity index is 419. The van der Waals surface area contributed by atoms with Crippen LogP contribution < -0.4 is 16.0 Å². The maximum atomic E-state index is 11.3. The lowest BCUT2D eigenvalue weighted by molar-refractivity contribution is -0.120. The van der Waals surface area contributed by atoms with Gasteiger partial charge >= 0.3 is 0 Å². The van der Waals surface area contributed by atoms with Crippen LogP contribution in [0.3, 0.4) is 0 Å². The number of aromatic nitrogens is 1. The highest BCUT2D eigenvalue weighted by molar-refractivity contribution is 5.77. The monoisotopic (exact) mass is 234 g/mol. The summed E-state index contributed by atoms with van der Waals surface area (Å²) in [5.41, 5.74) is 8.00. The number of nitrogens with one attached hydrogen (secondary N) is 1. The third-order valence-corrected chi connectivity index (χ3v) is 3.08. The minimum atomic E-state index is 0.106. The smallest absolute Gasteiger partial charge is 0.221 e. The van der Waals surface area contributed by atoms with Crippen LogP contribution in [-0.2, 0) is 11.3 Å². The average molecular weight is 234 g/mol. The van der Waals surface area contributed by atoms with Crippen molar-refractivity contribution in [3.05, 3.63) is 23.4 Å². The lowest BCUT2D eigenvalue weighted by Crippen LogP contribution is -2.30. The fourth-order valence-electron chi connectivity index (χ4n) is 2.08. The summed E-state index contributed by atoms with van der Waals surface area (Å²) in [5.74, 6) is 1.03. The minimum absolute atomic E-state index is 0.106. The molecular weight excluding hydrogens is 216 g/mol. The predicted molar refractivity (Wildman–Crippen MR) is 66.7 cm³/mol. The summed E-state index contributed by atoms with van der Waals surface area (Å²) in [6.45, 7) is 4.67. The third-order valence-electron chi connectivity index (χ3n) is 3.08. The number of hydrogen-bond donors (Lipinski definition) is 2. The normalized spacial score (nSPS) is 16.6. The molecule has 5 nitrogen and oxygen atoms in total. The summed E-state index contributed by atoms with van der Waals surface area (Å²) in [7, 11) is 0. The van der Waals surface area contributed by atoms with Gasteiger partial charge in [0.25, 0.3) is 0 Å². The molecule has 0 bridgehead atoms. The molecule has 0 unspecified atom stereocenters. The molecule has 5 heteroatoms. The van der Waals surface area contributed by atoms with Crippen LogP contribution in [0.1, 0.15) is 17.5 Å². The highest BCUT2D eigenvalue weighted by Crippen LogP contribution is 2.20. The van der Waals surface area contributed by atoms with E-state index in [0.717, 1.165) is 23.5 Å². The van der Waals surface area contributed by atoms with Crippen LogP contribution in [0.15, 0.2) is 12.3 Å². The van der Waals surface area contributed by atoms with Crippen LogP contribution in [0.2, 0.25) is 0 Å². The van der Waals surface area contributed by atoms with Gasteiger partial charge in [0.1, 0.15) is 5.82 Å². The molecule has 3 N–H and O–H groups in total. The van der Waals surface area contributed by atoms with Crippen molar-refractivity contribution in [3.8, 4) is 0 Å². The maximum Gasteiger partial charge on any atom is 0.221 e. The number of carbonyl (C=O) groups is 1. The number of hydrogen-bond acceptors (Lipinski definition) is 4. The van der Waals surface area contributed by atoms with Crippen molar-refractivity contribution in [2.24, 2.45) is 5.73 Å². The first-order chi connectivity index (χ1) is 8.22. The topological polar surface area (TPSA) is 71.2 Å². The van der Waals surface area contributed by atoms with Gasteiger partial charge in [-0.05, 0) is 18.6 Å². The highest BCUT2D eigenvalue weighted by Gasteiger charge is 2.17. The molecule has 0 saturated carbocycles. The number of nitrogens with zero attached hydrogens (tertiary/aromatic N) is 2. The van der Waals surface area contributed by atoms with Gasteiger partial charge in [0, 0.05) is 44.4 Å². The minimum Gasteiger partial charge on any atom is -0.354 e. The van der Waals surface area contributed by atoms with Crippen molar-refractivity contribution in [1.29, 1.82) is 0 Å². The number of pyridine rings is 1. The lowest BCUT2D eigenvalue weighted by Gasteiger charge is -2.23. The van der Waals surface area contributed by atoms with E-state index < -0.39 is 0 Å². The van der Waals surface area contributed by atoms with Crippen molar-refractivity contribution < 1.29 is 4.79 Å². The molecule has 1 aromatic rings. The van der Waals surface area contributed by atoms with Gasteiger partial charge in [-0.1, -0.05) is 0 Å². The molecule has 0 atom stereocenters. The van der Waals surface area contributed by atoms with E-state index in [4.69, 9.17) is 5.73 Å². The zero-order chi connectivity index (χ0) is 12.3. The summed E-state index contributed by atoms with van der Waals surface area (Å²) in [6.07, 6.45) is 2.31. The van der Waals surface area contributed by atoms with Crippen molar-refractivity contribution in [3.63, 3.8) is 0 Å². The standard InChI is InChI=1S/C12H18N4O/c1-9-2-4-15-12(10(9)8-13)16-6-3-11(17)14-5-7-16/h2,4H,3,5-8,13H2,1H3,(H,14,17). The molecule has 0 spiro atoms. The van der Waals surface area contributed by atoms with Gasteiger partial charge < -0.3 is 16.0 Å². The fourth-order valence-corrected chi connectivity index (χ4v) is 2.08. The van der Waals surface area contributed by atoms with E-state index in [2.05, 4.69) is 15.2 Å². The summed E-state index contributed by atoms with van der Waals surface area (Å²) in [4.78, 5) is 17.8. The molecule has 0 radical (unpaired) electrons. The van der Waals surface area contributed by atoms with Crippen LogP contribution in [-0.4, -0.2) is 30.5 Å². The second kappa shape index (κ2) is 5.14. The number of carbonyl (C=O) groups excluding carboxylic acids is 1. The van der Waals surface area contributed by atoms with Crippen LogP contribution in [0.4, 0.5) is 5.82 Å². The molecular formula is C12H18N4O. The quantitative estimate of drug-likeness (QED) is 0.765. The third kappa shape index (κ3) is 2.55. The van der Waals surface area contributed by atoms with Crippen LogP contribution >= 0.6 is 0 Å². The summed E-state index contributed by atoms with van der Waals surface area (Å²) < 4.78 is 0. The van der Waals surface area contributed by atoms with Crippen molar-refractivity contribution in [2.75, 3.05) is 24.5 Å². The van der Waals surface area contributed by atoms with Gasteiger partial charge in [0.15, 0.2) is 0 Å². The first kappa shape index (κ1) is 11.9. The molecule has 2 rings (SSSR count). The zero-order valence-corrected chi connectivity index (χ0v) is 10.1. The lowest BCUT2D eigenvalue weighted by atomic mass is 10.1. The molecule has 1 saturated heterocycles. The number of nitrogens with two attached hydrogens (primary N) is 1. The summed E-state index contributed by atoms with van der Waals surface area (Å²) in [6, 6.07) is 1.97. The number of amides is 1. The fraction of sp³-hybridized carbons (Fsp3) is 0.500. The van der Waals surface area contributed by atoms with E-state index in [0.29, 0.717) is 26.1 Å². The molecule has 1 aliphatic heterocycles. The second-order valence-corrected chi connectivity index (χ2v) is 4.22. The van der Waals surface area contributed by atoms with E-state index in [9.17, 15) is 4.79 Å². The zero-order valence-electron chi connectivity index (χ0n) is 10.1. The van der Waals surface area contributed by atoms with E-state index in [-0.39, 0.29) is 5.91 Å². The van der Waals surface area contributed by atoms with E-state index in [1.807, 2.05) is 13.0 Å². The Morgan fingerprint density at radius 1 is 1.53 bits per heavy atom. The molecule has 0 aliphatic carbocycles. The number of anilines is 1. The van der Waals surface area contributed by atoms with Crippen LogP contribution in [0.5, 0.6) is 0 Å². The van der Waals surface area contributed by atoms with Crippen molar-refractivity contribution in [1.82, 2.24) is 10.3 Å². The number of rotatable bonds is 2. The Balaban J connectivity index is 2.26. The predicted octanol–water partition coefficient (Wildman–Crippen LogP) is 0.175. The molecule has 1 aromatic heterocycles. The Morgan fingerprint density at radius 2 is 2.35 bits per heavy atom. The average Bonchev–Trinajstić information content (AvgIpc) is 2.54. The molecule has 92 valence electrons. The van der Waals surface area contributed by atoms with Gasteiger partial charge in [-0.15, -0.1) is 0 Å². The Labute approximate surface area is 101 Å². The molecule has 17 heavy (non-hydrogen) atoms. The second-order valence-electron chi connectivity index (χ2n) is 4.22. The van der Waals surface area contributed by atoms with Crippen molar-refractivity contribution >= 4 is 11.7 Å². The Kier molecular flexibility index (Phi) is 3.58. The first-order valence-corrected chi connectivity index (χ1v) is 5.88. The van der Waals surface area contributed by atoms with Gasteiger partial charge in [-0.2, -0.15) is 0 Å². The largest absolute Gasteiger partial charge is 0.354 e. The maximum absolute atomic E-state index is 11.3. The molecule has 2 heterocycles. The first-order valence-electron chi connectivity index (χ1n) is 5.88. The van der Waals surface area contributed by atoms with Crippen LogP contribution in [0.25, 0.3) is 0 Å². The molecule has 1 aliphatic rings. The van der Waals surface area contributed by atoms with E-state index in [1.54, 1.807) is 6.20 Å². The van der Waals surface area contributed by atoms with Gasteiger partial charge in [0.05, 0.1) is 0 Å². The van der Waals surface area contributed by atoms with Gasteiger partial charge in [-0.3, -0.25) is 4.79 Å². The highest BCUT2D eigenvalue weighted by atomic mass is 16.1. The Morgan fingerprint density at radius 3 is 3.12 bits per heavy atom. The van der Waals surface area contributed by atoms with Crippen molar-refractivity contribution in [2.45, 2.75) is 19.9 Å². The van der Waals surface area contributed by atoms with Crippen LogP contribution in [0, 0.1) is 6.92 Å². The van der Waals surface area contributed by atoms with Gasteiger partial charge in [0.2, 0.25) is 5.91 Å². The Hall–Kier alpha value is -1.62.